The molecule has 1 atom stereocenters. The third kappa shape index (κ3) is 3.08. The molecule has 0 aliphatic heterocycles. The summed E-state index contributed by atoms with van der Waals surface area (Å²) in [7, 11) is 0. The van der Waals surface area contributed by atoms with Gasteiger partial charge in [0.2, 0.25) is 0 Å². The Morgan fingerprint density at radius 3 is 2.00 bits per heavy atom. The van der Waals surface area contributed by atoms with Gasteiger partial charge < -0.3 is 5.11 Å². The summed E-state index contributed by atoms with van der Waals surface area (Å²) in [5.74, 6) is 0. The van der Waals surface area contributed by atoms with Crippen molar-refractivity contribution in [3.05, 3.63) is 35.4 Å². The lowest BCUT2D eigenvalue weighted by Gasteiger charge is -2.34. The van der Waals surface area contributed by atoms with Crippen LogP contribution in [0.3, 0.4) is 0 Å². The fourth-order valence-corrected chi connectivity index (χ4v) is 2.57. The molecule has 0 bridgehead atoms. The highest BCUT2D eigenvalue weighted by Crippen LogP contribution is 2.42. The highest BCUT2D eigenvalue weighted by Gasteiger charge is 2.40. The van der Waals surface area contributed by atoms with E-state index in [-0.39, 0.29) is 18.4 Å². The van der Waals surface area contributed by atoms with Gasteiger partial charge in [-0.3, -0.25) is 0 Å². The van der Waals surface area contributed by atoms with Crippen molar-refractivity contribution in [2.75, 3.05) is 0 Å². The average molecular weight is 276 g/mol. The van der Waals surface area contributed by atoms with Gasteiger partial charge in [0.15, 0.2) is 0 Å². The molecule has 1 nitrogen and oxygen atoms in total. The summed E-state index contributed by atoms with van der Waals surface area (Å²) >= 11 is 0. The van der Waals surface area contributed by atoms with Crippen LogP contribution in [-0.2, 0) is 6.18 Å². The molecule has 19 heavy (non-hydrogen) atoms. The average Bonchev–Trinajstić information content (AvgIpc) is 2.38. The summed E-state index contributed by atoms with van der Waals surface area (Å²) in [5.41, 5.74) is -2.30. The van der Waals surface area contributed by atoms with Crippen molar-refractivity contribution in [3.63, 3.8) is 0 Å². The lowest BCUT2D eigenvalue weighted by molar-refractivity contribution is -0.137. The normalized spacial score (nSPS) is 21.1. The first-order valence-electron chi connectivity index (χ1n) is 6.37. The van der Waals surface area contributed by atoms with Gasteiger partial charge in [-0.2, -0.15) is 13.2 Å². The minimum absolute atomic E-state index is 0.206. The summed E-state index contributed by atoms with van der Waals surface area (Å²) in [5, 5.41) is 10.0. The standard InChI is InChI=1S/C14H16F4O/c15-13(8-2-1-3-9-13)12(19)10-4-6-11(7-5-10)14(16,17)18/h4-7,12,19H,1-3,8-9H2. The maximum atomic E-state index is 14.5. The third-order valence-corrected chi connectivity index (χ3v) is 3.73. The fourth-order valence-electron chi connectivity index (χ4n) is 2.57. The number of aliphatic hydroxyl groups is 1. The van der Waals surface area contributed by atoms with Gasteiger partial charge in [-0.15, -0.1) is 0 Å². The van der Waals surface area contributed by atoms with Crippen LogP contribution in [0.5, 0.6) is 0 Å². The Kier molecular flexibility index (Phi) is 3.85. The Morgan fingerprint density at radius 1 is 1.00 bits per heavy atom. The maximum Gasteiger partial charge on any atom is 0.416 e. The Bertz CT molecular complexity index is 418. The Morgan fingerprint density at radius 2 is 1.53 bits per heavy atom. The number of rotatable bonds is 2. The summed E-state index contributed by atoms with van der Waals surface area (Å²) < 4.78 is 51.8. The van der Waals surface area contributed by atoms with Crippen molar-refractivity contribution in [1.29, 1.82) is 0 Å². The summed E-state index contributed by atoms with van der Waals surface area (Å²) in [6.45, 7) is 0. The van der Waals surface area contributed by atoms with Gasteiger partial charge in [0.25, 0.3) is 0 Å². The molecule has 0 amide bonds. The largest absolute Gasteiger partial charge is 0.416 e. The molecule has 1 aliphatic rings. The van der Waals surface area contributed by atoms with Gasteiger partial charge in [0.1, 0.15) is 11.8 Å². The minimum atomic E-state index is -4.41. The first-order chi connectivity index (χ1) is 8.83. The van der Waals surface area contributed by atoms with Crippen molar-refractivity contribution in [1.82, 2.24) is 0 Å². The lowest BCUT2D eigenvalue weighted by atomic mass is 9.80. The van der Waals surface area contributed by atoms with E-state index in [4.69, 9.17) is 0 Å². The highest BCUT2D eigenvalue weighted by molar-refractivity contribution is 5.27. The quantitative estimate of drug-likeness (QED) is 0.793. The molecule has 1 fully saturated rings. The molecule has 5 heteroatoms. The van der Waals surface area contributed by atoms with Crippen LogP contribution < -0.4 is 0 Å². The van der Waals surface area contributed by atoms with Crippen molar-refractivity contribution < 1.29 is 22.7 Å². The summed E-state index contributed by atoms with van der Waals surface area (Å²) in [6.07, 6.45) is -2.91. The van der Waals surface area contributed by atoms with E-state index in [1.165, 1.54) is 0 Å². The van der Waals surface area contributed by atoms with Crippen LogP contribution >= 0.6 is 0 Å². The molecule has 0 heterocycles. The van der Waals surface area contributed by atoms with Gasteiger partial charge in [-0.25, -0.2) is 4.39 Å². The van der Waals surface area contributed by atoms with Crippen LogP contribution in [0.1, 0.15) is 49.3 Å². The SMILES string of the molecule is OC(c1ccc(C(F)(F)F)cc1)C1(F)CCCCC1. The number of hydrogen-bond donors (Lipinski definition) is 1. The number of aliphatic hydroxyl groups excluding tert-OH is 1. The van der Waals surface area contributed by atoms with E-state index in [0.29, 0.717) is 12.8 Å². The van der Waals surface area contributed by atoms with Crippen molar-refractivity contribution in [3.8, 4) is 0 Å². The number of alkyl halides is 4. The first-order valence-corrected chi connectivity index (χ1v) is 6.37. The maximum absolute atomic E-state index is 14.5. The molecule has 0 radical (unpaired) electrons. The van der Waals surface area contributed by atoms with Gasteiger partial charge in [-0.05, 0) is 30.5 Å². The second-order valence-electron chi connectivity index (χ2n) is 5.12. The van der Waals surface area contributed by atoms with Crippen LogP contribution in [-0.4, -0.2) is 10.8 Å². The molecule has 1 unspecified atom stereocenters. The molecular weight excluding hydrogens is 260 g/mol. The van der Waals surface area contributed by atoms with Gasteiger partial charge in [0, 0.05) is 0 Å². The summed E-state index contributed by atoms with van der Waals surface area (Å²) in [6, 6.07) is 4.07. The molecule has 0 aromatic heterocycles. The molecule has 1 aromatic carbocycles. The Balaban J connectivity index is 2.17. The van der Waals surface area contributed by atoms with Crippen LogP contribution in [0, 0.1) is 0 Å². The van der Waals surface area contributed by atoms with Crippen LogP contribution in [0.15, 0.2) is 24.3 Å². The molecule has 0 spiro atoms. The second-order valence-corrected chi connectivity index (χ2v) is 5.12. The molecule has 1 N–H and O–H groups in total. The highest BCUT2D eigenvalue weighted by atomic mass is 19.4. The molecule has 1 aliphatic carbocycles. The number of halogens is 4. The molecule has 1 aromatic rings. The van der Waals surface area contributed by atoms with Crippen molar-refractivity contribution in [2.45, 2.75) is 50.1 Å². The van der Waals surface area contributed by atoms with E-state index >= 15 is 0 Å². The van der Waals surface area contributed by atoms with Crippen LogP contribution in [0.25, 0.3) is 0 Å². The molecular formula is C14H16F4O. The van der Waals surface area contributed by atoms with Gasteiger partial charge in [0.05, 0.1) is 5.56 Å². The Labute approximate surface area is 109 Å². The van der Waals surface area contributed by atoms with Crippen LogP contribution in [0.2, 0.25) is 0 Å². The van der Waals surface area contributed by atoms with E-state index in [1.807, 2.05) is 0 Å². The zero-order valence-electron chi connectivity index (χ0n) is 10.4. The molecule has 2 rings (SSSR count). The monoisotopic (exact) mass is 276 g/mol. The topological polar surface area (TPSA) is 20.2 Å². The second kappa shape index (κ2) is 5.12. The number of hydrogen-bond acceptors (Lipinski definition) is 1. The summed E-state index contributed by atoms with van der Waals surface area (Å²) in [4.78, 5) is 0. The fraction of sp³-hybridized carbons (Fsp3) is 0.571. The predicted octanol–water partition coefficient (Wildman–Crippen LogP) is 4.41. The molecule has 0 saturated heterocycles. The lowest BCUT2D eigenvalue weighted by Crippen LogP contribution is -2.33. The van der Waals surface area contributed by atoms with Crippen LogP contribution in [0.4, 0.5) is 17.6 Å². The van der Waals surface area contributed by atoms with Gasteiger partial charge in [-0.1, -0.05) is 31.4 Å². The van der Waals surface area contributed by atoms with E-state index in [0.717, 1.165) is 30.7 Å². The van der Waals surface area contributed by atoms with Gasteiger partial charge >= 0.3 is 6.18 Å². The zero-order valence-corrected chi connectivity index (χ0v) is 10.4. The predicted molar refractivity (Wildman–Crippen MR) is 63.3 cm³/mol. The Hall–Kier alpha value is -1.10. The van der Waals surface area contributed by atoms with E-state index in [1.54, 1.807) is 0 Å². The van der Waals surface area contributed by atoms with E-state index < -0.39 is 23.5 Å². The first kappa shape index (κ1) is 14.3. The number of benzene rings is 1. The minimum Gasteiger partial charge on any atom is -0.385 e. The smallest absolute Gasteiger partial charge is 0.385 e. The third-order valence-electron chi connectivity index (χ3n) is 3.73. The van der Waals surface area contributed by atoms with E-state index in [2.05, 4.69) is 0 Å². The molecule has 1 saturated carbocycles. The van der Waals surface area contributed by atoms with Crippen molar-refractivity contribution >= 4 is 0 Å². The zero-order chi connectivity index (χ0) is 14.1. The molecule has 106 valence electrons. The van der Waals surface area contributed by atoms with E-state index in [9.17, 15) is 22.7 Å². The van der Waals surface area contributed by atoms with Crippen molar-refractivity contribution in [2.24, 2.45) is 0 Å².